The Bertz CT molecular complexity index is 386. The standard InChI is InChI=1S/C14H17BrO/c15-13-5-2-10(3-6-13)8-14(16)9-11-1-4-12(14)7-11/h2-3,5-6,11-12,16H,1,4,7-9H2. The van der Waals surface area contributed by atoms with Crippen molar-refractivity contribution in [2.45, 2.75) is 37.7 Å². The van der Waals surface area contributed by atoms with Crippen LogP contribution in [0.15, 0.2) is 28.7 Å². The molecule has 1 nitrogen and oxygen atoms in total. The summed E-state index contributed by atoms with van der Waals surface area (Å²) in [4.78, 5) is 0. The maximum Gasteiger partial charge on any atom is 0.0718 e. The van der Waals surface area contributed by atoms with Crippen molar-refractivity contribution in [3.63, 3.8) is 0 Å². The minimum Gasteiger partial charge on any atom is -0.389 e. The predicted octanol–water partition coefficient (Wildman–Crippen LogP) is 3.54. The second-order valence-corrected chi connectivity index (χ2v) is 6.40. The Morgan fingerprint density at radius 2 is 2.00 bits per heavy atom. The minimum absolute atomic E-state index is 0.406. The Morgan fingerprint density at radius 1 is 1.25 bits per heavy atom. The molecule has 0 aliphatic heterocycles. The summed E-state index contributed by atoms with van der Waals surface area (Å²) in [6, 6.07) is 8.36. The van der Waals surface area contributed by atoms with Crippen molar-refractivity contribution in [3.05, 3.63) is 34.3 Å². The smallest absolute Gasteiger partial charge is 0.0718 e. The first-order valence-corrected chi connectivity index (χ1v) is 6.92. The zero-order chi connectivity index (χ0) is 11.2. The van der Waals surface area contributed by atoms with E-state index in [4.69, 9.17) is 0 Å². The molecule has 2 bridgehead atoms. The van der Waals surface area contributed by atoms with Crippen LogP contribution in [0.3, 0.4) is 0 Å². The number of hydrogen-bond donors (Lipinski definition) is 1. The zero-order valence-corrected chi connectivity index (χ0v) is 10.9. The normalized spacial score (nSPS) is 36.9. The summed E-state index contributed by atoms with van der Waals surface area (Å²) in [5.41, 5.74) is 0.856. The third-order valence-electron chi connectivity index (χ3n) is 4.37. The highest BCUT2D eigenvalue weighted by Crippen LogP contribution is 2.51. The third-order valence-corrected chi connectivity index (χ3v) is 4.90. The van der Waals surface area contributed by atoms with E-state index in [-0.39, 0.29) is 0 Å². The molecule has 0 spiro atoms. The van der Waals surface area contributed by atoms with Crippen molar-refractivity contribution in [2.75, 3.05) is 0 Å². The number of hydrogen-bond acceptors (Lipinski definition) is 1. The average Bonchev–Trinajstić information content (AvgIpc) is 2.81. The fourth-order valence-electron chi connectivity index (χ4n) is 3.59. The molecule has 3 unspecified atom stereocenters. The van der Waals surface area contributed by atoms with Gasteiger partial charge in [-0.2, -0.15) is 0 Å². The maximum atomic E-state index is 10.7. The molecule has 2 saturated carbocycles. The monoisotopic (exact) mass is 280 g/mol. The molecule has 1 aromatic rings. The highest BCUT2D eigenvalue weighted by atomic mass is 79.9. The van der Waals surface area contributed by atoms with Crippen LogP contribution < -0.4 is 0 Å². The van der Waals surface area contributed by atoms with Gasteiger partial charge in [0.1, 0.15) is 0 Å². The van der Waals surface area contributed by atoms with Crippen LogP contribution in [0.1, 0.15) is 31.2 Å². The Hall–Kier alpha value is -0.340. The zero-order valence-electron chi connectivity index (χ0n) is 9.32. The summed E-state index contributed by atoms with van der Waals surface area (Å²) in [5, 5.41) is 10.7. The number of benzene rings is 1. The van der Waals surface area contributed by atoms with E-state index < -0.39 is 5.60 Å². The molecule has 0 aromatic heterocycles. The van der Waals surface area contributed by atoms with Crippen LogP contribution in [-0.2, 0) is 6.42 Å². The number of halogens is 1. The largest absolute Gasteiger partial charge is 0.389 e. The topological polar surface area (TPSA) is 20.2 Å². The van der Waals surface area contributed by atoms with Gasteiger partial charge in [0.15, 0.2) is 0 Å². The molecule has 0 saturated heterocycles. The molecule has 3 atom stereocenters. The van der Waals surface area contributed by atoms with Gasteiger partial charge in [0.2, 0.25) is 0 Å². The molecule has 86 valence electrons. The van der Waals surface area contributed by atoms with E-state index >= 15 is 0 Å². The van der Waals surface area contributed by atoms with E-state index in [1.54, 1.807) is 0 Å². The fraction of sp³-hybridized carbons (Fsp3) is 0.571. The van der Waals surface area contributed by atoms with E-state index in [1.807, 2.05) is 0 Å². The van der Waals surface area contributed by atoms with Crippen molar-refractivity contribution in [3.8, 4) is 0 Å². The first-order valence-electron chi connectivity index (χ1n) is 6.12. The molecule has 2 aliphatic rings. The second kappa shape index (κ2) is 3.85. The van der Waals surface area contributed by atoms with Crippen LogP contribution in [0.2, 0.25) is 0 Å². The molecule has 2 heteroatoms. The first kappa shape index (κ1) is 10.8. The molecule has 0 radical (unpaired) electrons. The summed E-state index contributed by atoms with van der Waals surface area (Å²) in [5.74, 6) is 1.35. The van der Waals surface area contributed by atoms with E-state index in [1.165, 1.54) is 24.8 Å². The molecule has 16 heavy (non-hydrogen) atoms. The lowest BCUT2D eigenvalue weighted by molar-refractivity contribution is -0.0125. The third kappa shape index (κ3) is 1.82. The minimum atomic E-state index is -0.406. The van der Waals surface area contributed by atoms with Crippen LogP contribution in [0, 0.1) is 11.8 Å². The van der Waals surface area contributed by atoms with Crippen molar-refractivity contribution in [1.29, 1.82) is 0 Å². The molecule has 0 amide bonds. The van der Waals surface area contributed by atoms with Gasteiger partial charge >= 0.3 is 0 Å². The first-order chi connectivity index (χ1) is 7.66. The summed E-state index contributed by atoms with van der Waals surface area (Å²) in [7, 11) is 0. The van der Waals surface area contributed by atoms with Gasteiger partial charge in [-0.3, -0.25) is 0 Å². The summed E-state index contributed by atoms with van der Waals surface area (Å²) >= 11 is 3.44. The summed E-state index contributed by atoms with van der Waals surface area (Å²) in [6.07, 6.45) is 5.69. The van der Waals surface area contributed by atoms with Gasteiger partial charge in [-0.15, -0.1) is 0 Å². The lowest BCUT2D eigenvalue weighted by Crippen LogP contribution is -2.37. The molecular weight excluding hydrogens is 264 g/mol. The van der Waals surface area contributed by atoms with E-state index in [0.717, 1.165) is 23.2 Å². The SMILES string of the molecule is OC1(Cc2ccc(Br)cc2)CC2CCC1C2. The number of fused-ring (bicyclic) bond motifs is 2. The van der Waals surface area contributed by atoms with E-state index in [2.05, 4.69) is 40.2 Å². The second-order valence-electron chi connectivity index (χ2n) is 5.49. The van der Waals surface area contributed by atoms with Crippen molar-refractivity contribution in [1.82, 2.24) is 0 Å². The lowest BCUT2D eigenvalue weighted by atomic mass is 9.80. The average molecular weight is 281 g/mol. The number of aliphatic hydroxyl groups is 1. The van der Waals surface area contributed by atoms with Crippen molar-refractivity contribution < 1.29 is 5.11 Å². The summed E-state index contributed by atoms with van der Waals surface area (Å²) < 4.78 is 1.11. The highest BCUT2D eigenvalue weighted by Gasteiger charge is 2.49. The predicted molar refractivity (Wildman–Crippen MR) is 68.2 cm³/mol. The summed E-state index contributed by atoms with van der Waals surface area (Å²) in [6.45, 7) is 0. The van der Waals surface area contributed by atoms with Crippen LogP contribution in [-0.4, -0.2) is 10.7 Å². The number of rotatable bonds is 2. The molecule has 2 aliphatic carbocycles. The maximum absolute atomic E-state index is 10.7. The molecule has 1 aromatic carbocycles. The molecule has 1 N–H and O–H groups in total. The van der Waals surface area contributed by atoms with Gasteiger partial charge in [0.05, 0.1) is 5.60 Å². The molecule has 2 fully saturated rings. The quantitative estimate of drug-likeness (QED) is 0.879. The fourth-order valence-corrected chi connectivity index (χ4v) is 3.85. The van der Waals surface area contributed by atoms with Crippen LogP contribution in [0.4, 0.5) is 0 Å². The van der Waals surface area contributed by atoms with Crippen molar-refractivity contribution in [2.24, 2.45) is 11.8 Å². The van der Waals surface area contributed by atoms with Gasteiger partial charge in [-0.1, -0.05) is 28.1 Å². The Labute approximate surface area is 105 Å². The van der Waals surface area contributed by atoms with Crippen molar-refractivity contribution >= 4 is 15.9 Å². The Kier molecular flexibility index (Phi) is 2.60. The van der Waals surface area contributed by atoms with Gasteiger partial charge in [0, 0.05) is 10.9 Å². The van der Waals surface area contributed by atoms with E-state index in [9.17, 15) is 5.11 Å². The van der Waals surface area contributed by atoms with Crippen LogP contribution in [0.5, 0.6) is 0 Å². The van der Waals surface area contributed by atoms with Gasteiger partial charge in [-0.05, 0) is 55.2 Å². The highest BCUT2D eigenvalue weighted by molar-refractivity contribution is 9.10. The van der Waals surface area contributed by atoms with Gasteiger partial charge in [0.25, 0.3) is 0 Å². The van der Waals surface area contributed by atoms with Gasteiger partial charge in [-0.25, -0.2) is 0 Å². The van der Waals surface area contributed by atoms with E-state index in [0.29, 0.717) is 5.92 Å². The van der Waals surface area contributed by atoms with Crippen LogP contribution >= 0.6 is 15.9 Å². The molecular formula is C14H17BrO. The lowest BCUT2D eigenvalue weighted by Gasteiger charge is -2.32. The molecule has 3 rings (SSSR count). The van der Waals surface area contributed by atoms with Gasteiger partial charge < -0.3 is 5.11 Å². The Morgan fingerprint density at radius 3 is 2.56 bits per heavy atom. The Balaban J connectivity index is 1.77. The molecule has 0 heterocycles. The van der Waals surface area contributed by atoms with Crippen LogP contribution in [0.25, 0.3) is 0 Å².